The van der Waals surface area contributed by atoms with E-state index in [-0.39, 0.29) is 33.5 Å². The molecule has 0 fully saturated rings. The number of hydrogen-bond acceptors (Lipinski definition) is 4. The summed E-state index contributed by atoms with van der Waals surface area (Å²) in [6, 6.07) is 8.94. The van der Waals surface area contributed by atoms with E-state index in [1.165, 1.54) is 25.2 Å². The quantitative estimate of drug-likeness (QED) is 0.613. The van der Waals surface area contributed by atoms with Crippen LogP contribution in [0.15, 0.2) is 36.4 Å². The van der Waals surface area contributed by atoms with E-state index in [4.69, 9.17) is 23.2 Å². The van der Waals surface area contributed by atoms with Crippen molar-refractivity contribution in [2.24, 2.45) is 0 Å². The summed E-state index contributed by atoms with van der Waals surface area (Å²) in [4.78, 5) is 36.2. The van der Waals surface area contributed by atoms with Gasteiger partial charge in [-0.15, -0.1) is 0 Å². The Kier molecular flexibility index (Phi) is 6.18. The number of benzene rings is 2. The highest BCUT2D eigenvalue weighted by Gasteiger charge is 2.20. The topological polar surface area (TPSA) is 92.6 Å². The number of carbonyl (C=O) groups is 2. The maximum absolute atomic E-state index is 12.4. The largest absolute Gasteiger partial charge is 0.332 e. The molecule has 0 aliphatic heterocycles. The lowest BCUT2D eigenvalue weighted by Gasteiger charge is -2.17. The fraction of sp³-hybridized carbons (Fsp3) is 0.176. The summed E-state index contributed by atoms with van der Waals surface area (Å²) in [5, 5.41) is 14.1. The Morgan fingerprint density at radius 2 is 1.81 bits per heavy atom. The maximum Gasteiger partial charge on any atom is 0.273 e. The van der Waals surface area contributed by atoms with Gasteiger partial charge in [-0.2, -0.15) is 0 Å². The van der Waals surface area contributed by atoms with Gasteiger partial charge in [-0.3, -0.25) is 19.7 Å². The van der Waals surface area contributed by atoms with Crippen LogP contribution in [0.3, 0.4) is 0 Å². The molecule has 0 atom stereocenters. The minimum absolute atomic E-state index is 0.119. The standard InChI is InChI=1S/C17H15Cl2N3O4/c1-10-6-7-11(8-14(10)22(25)26)17(24)21(2)9-15(23)20-16-12(18)4-3-5-13(16)19/h3-8H,9H2,1-2H3,(H,20,23). The second kappa shape index (κ2) is 8.16. The van der Waals surface area contributed by atoms with Crippen molar-refractivity contribution in [1.82, 2.24) is 4.90 Å². The van der Waals surface area contributed by atoms with Crippen LogP contribution >= 0.6 is 23.2 Å². The van der Waals surface area contributed by atoms with E-state index in [1.54, 1.807) is 25.1 Å². The molecule has 26 heavy (non-hydrogen) atoms. The van der Waals surface area contributed by atoms with Gasteiger partial charge in [-0.05, 0) is 25.1 Å². The molecule has 0 aliphatic rings. The normalized spacial score (nSPS) is 10.3. The molecular weight excluding hydrogens is 381 g/mol. The second-order valence-electron chi connectivity index (χ2n) is 5.56. The Morgan fingerprint density at radius 1 is 1.19 bits per heavy atom. The third-order valence-corrected chi connectivity index (χ3v) is 4.24. The molecule has 0 spiro atoms. The van der Waals surface area contributed by atoms with E-state index in [9.17, 15) is 19.7 Å². The van der Waals surface area contributed by atoms with E-state index in [1.807, 2.05) is 0 Å². The van der Waals surface area contributed by atoms with Crippen LogP contribution in [0.2, 0.25) is 10.0 Å². The molecule has 1 N–H and O–H groups in total. The number of likely N-dealkylation sites (N-methyl/N-ethyl adjacent to an activating group) is 1. The average molecular weight is 396 g/mol. The second-order valence-corrected chi connectivity index (χ2v) is 6.38. The maximum atomic E-state index is 12.4. The zero-order valence-electron chi connectivity index (χ0n) is 14.0. The SMILES string of the molecule is Cc1ccc(C(=O)N(C)CC(=O)Nc2c(Cl)cccc2Cl)cc1[N+](=O)[O-]. The van der Waals surface area contributed by atoms with Crippen molar-refractivity contribution in [3.05, 3.63) is 67.7 Å². The number of aryl methyl sites for hydroxylation is 1. The Morgan fingerprint density at radius 3 is 2.38 bits per heavy atom. The summed E-state index contributed by atoms with van der Waals surface area (Å²) in [7, 11) is 1.42. The fourth-order valence-corrected chi connectivity index (χ4v) is 2.73. The van der Waals surface area contributed by atoms with Gasteiger partial charge in [0.05, 0.1) is 27.2 Å². The molecule has 0 bridgehead atoms. The Labute approximate surface area is 159 Å². The number of nitrogens with one attached hydrogen (secondary N) is 1. The van der Waals surface area contributed by atoms with Gasteiger partial charge in [0.25, 0.3) is 11.6 Å². The summed E-state index contributed by atoms with van der Waals surface area (Å²) >= 11 is 12.0. The monoisotopic (exact) mass is 395 g/mol. The van der Waals surface area contributed by atoms with Gasteiger partial charge in [0.15, 0.2) is 0 Å². The van der Waals surface area contributed by atoms with Crippen molar-refractivity contribution in [2.75, 3.05) is 18.9 Å². The number of amides is 2. The molecule has 0 saturated carbocycles. The van der Waals surface area contributed by atoms with Gasteiger partial charge >= 0.3 is 0 Å². The fourth-order valence-electron chi connectivity index (χ4n) is 2.24. The van der Waals surface area contributed by atoms with E-state index in [0.29, 0.717) is 5.56 Å². The first kappa shape index (κ1) is 19.7. The number of para-hydroxylation sites is 1. The predicted octanol–water partition coefficient (Wildman–Crippen LogP) is 3.92. The van der Waals surface area contributed by atoms with Crippen LogP contribution in [0, 0.1) is 17.0 Å². The van der Waals surface area contributed by atoms with Crippen molar-refractivity contribution >= 4 is 46.4 Å². The zero-order valence-corrected chi connectivity index (χ0v) is 15.5. The van der Waals surface area contributed by atoms with Crippen molar-refractivity contribution in [3.63, 3.8) is 0 Å². The molecule has 0 heterocycles. The molecule has 136 valence electrons. The van der Waals surface area contributed by atoms with E-state index >= 15 is 0 Å². The molecule has 7 nitrogen and oxygen atoms in total. The molecule has 0 aliphatic carbocycles. The Hall–Kier alpha value is -2.64. The molecule has 2 rings (SSSR count). The highest BCUT2D eigenvalue weighted by Crippen LogP contribution is 2.29. The van der Waals surface area contributed by atoms with Gasteiger partial charge in [0.2, 0.25) is 5.91 Å². The first-order valence-electron chi connectivity index (χ1n) is 7.45. The molecule has 9 heteroatoms. The molecule has 0 saturated heterocycles. The van der Waals surface area contributed by atoms with Crippen molar-refractivity contribution in [2.45, 2.75) is 6.92 Å². The number of hydrogen-bond donors (Lipinski definition) is 1. The number of anilines is 1. The van der Waals surface area contributed by atoms with Crippen molar-refractivity contribution < 1.29 is 14.5 Å². The molecule has 2 amide bonds. The van der Waals surface area contributed by atoms with Crippen molar-refractivity contribution in [3.8, 4) is 0 Å². The van der Waals surface area contributed by atoms with Crippen LogP contribution in [0.5, 0.6) is 0 Å². The molecule has 2 aromatic carbocycles. The van der Waals surface area contributed by atoms with E-state index in [0.717, 1.165) is 4.90 Å². The Bertz CT molecular complexity index is 866. The van der Waals surface area contributed by atoms with Crippen molar-refractivity contribution in [1.29, 1.82) is 0 Å². The van der Waals surface area contributed by atoms with E-state index < -0.39 is 16.7 Å². The lowest BCUT2D eigenvalue weighted by atomic mass is 10.1. The van der Waals surface area contributed by atoms with Gasteiger partial charge in [0, 0.05) is 24.2 Å². The highest BCUT2D eigenvalue weighted by molar-refractivity contribution is 6.39. The summed E-state index contributed by atoms with van der Waals surface area (Å²) in [6.07, 6.45) is 0. The van der Waals surface area contributed by atoms with Gasteiger partial charge < -0.3 is 10.2 Å². The van der Waals surface area contributed by atoms with E-state index in [2.05, 4.69) is 5.32 Å². The van der Waals surface area contributed by atoms with Crippen LogP contribution in [-0.2, 0) is 4.79 Å². The number of rotatable bonds is 5. The smallest absolute Gasteiger partial charge is 0.273 e. The summed E-state index contributed by atoms with van der Waals surface area (Å²) in [6.45, 7) is 1.30. The number of nitro groups is 1. The lowest BCUT2D eigenvalue weighted by molar-refractivity contribution is -0.385. The number of nitro benzene ring substituents is 1. The Balaban J connectivity index is 2.10. The first-order valence-corrected chi connectivity index (χ1v) is 8.20. The summed E-state index contributed by atoms with van der Waals surface area (Å²) in [5.41, 5.74) is 0.665. The van der Waals surface area contributed by atoms with Gasteiger partial charge in [-0.1, -0.05) is 35.3 Å². The third-order valence-electron chi connectivity index (χ3n) is 3.61. The van der Waals surface area contributed by atoms with Crippen LogP contribution in [0.4, 0.5) is 11.4 Å². The molecule has 0 aromatic heterocycles. The van der Waals surface area contributed by atoms with Crippen LogP contribution in [0.1, 0.15) is 15.9 Å². The summed E-state index contributed by atoms with van der Waals surface area (Å²) < 4.78 is 0. The van der Waals surface area contributed by atoms with Crippen LogP contribution in [-0.4, -0.2) is 35.2 Å². The number of carbonyl (C=O) groups excluding carboxylic acids is 2. The minimum Gasteiger partial charge on any atom is -0.332 e. The summed E-state index contributed by atoms with van der Waals surface area (Å²) in [5.74, 6) is -1.02. The zero-order chi connectivity index (χ0) is 19.4. The average Bonchev–Trinajstić information content (AvgIpc) is 2.57. The number of halogens is 2. The lowest BCUT2D eigenvalue weighted by Crippen LogP contribution is -2.35. The molecule has 2 aromatic rings. The predicted molar refractivity (Wildman–Crippen MR) is 99.9 cm³/mol. The van der Waals surface area contributed by atoms with Gasteiger partial charge in [0.1, 0.15) is 0 Å². The van der Waals surface area contributed by atoms with Crippen LogP contribution in [0.25, 0.3) is 0 Å². The first-order chi connectivity index (χ1) is 12.2. The van der Waals surface area contributed by atoms with Crippen LogP contribution < -0.4 is 5.32 Å². The minimum atomic E-state index is -0.557. The molecular formula is C17H15Cl2N3O4. The molecule has 0 radical (unpaired) electrons. The highest BCUT2D eigenvalue weighted by atomic mass is 35.5. The van der Waals surface area contributed by atoms with Gasteiger partial charge in [-0.25, -0.2) is 0 Å². The molecule has 0 unspecified atom stereocenters. The number of nitrogens with zero attached hydrogens (tertiary/aromatic N) is 2. The third kappa shape index (κ3) is 4.50.